The Morgan fingerprint density at radius 2 is 1.91 bits per heavy atom. The first kappa shape index (κ1) is 10.8. The maximum absolute atomic E-state index is 10.2. The zero-order valence-electron chi connectivity index (χ0n) is 7.06. The molecule has 0 unspecified atom stereocenters. The van der Waals surface area contributed by atoms with Crippen LogP contribution < -0.4 is 5.73 Å². The van der Waals surface area contributed by atoms with Crippen molar-refractivity contribution in [1.29, 1.82) is 0 Å². The molecule has 0 saturated carbocycles. The third kappa shape index (κ3) is 9.82. The Balaban J connectivity index is 2.85. The standard InChI is InChI=1S/C8H16NOS/c1-11-7-5-3-2-4-6-8(9)10/h9H,2-7H2,1H3. The fourth-order valence-corrected chi connectivity index (χ4v) is 1.38. The van der Waals surface area contributed by atoms with Gasteiger partial charge in [-0.3, -0.25) is 10.5 Å². The van der Waals surface area contributed by atoms with E-state index >= 15 is 0 Å². The maximum atomic E-state index is 10.2. The predicted molar refractivity (Wildman–Crippen MR) is 49.6 cm³/mol. The normalized spacial score (nSPS) is 9.91. The molecule has 65 valence electrons. The number of nitrogens with one attached hydrogen (secondary N) is 1. The van der Waals surface area contributed by atoms with Gasteiger partial charge >= 0.3 is 0 Å². The van der Waals surface area contributed by atoms with E-state index in [1.54, 1.807) is 0 Å². The topological polar surface area (TPSA) is 40.9 Å². The Labute approximate surface area is 72.9 Å². The molecule has 0 bridgehead atoms. The van der Waals surface area contributed by atoms with Crippen molar-refractivity contribution in [2.45, 2.75) is 32.1 Å². The van der Waals surface area contributed by atoms with Crippen LogP contribution >= 0.6 is 11.8 Å². The minimum atomic E-state index is -0.421. The second-order valence-corrected chi connectivity index (χ2v) is 3.57. The van der Waals surface area contributed by atoms with Gasteiger partial charge in [-0.05, 0) is 24.9 Å². The van der Waals surface area contributed by atoms with E-state index < -0.39 is 5.91 Å². The molecule has 0 aliphatic carbocycles. The lowest BCUT2D eigenvalue weighted by molar-refractivity contribution is -0.118. The molecule has 1 radical (unpaired) electrons. The van der Waals surface area contributed by atoms with Gasteiger partial charge in [0.25, 0.3) is 0 Å². The molecule has 2 nitrogen and oxygen atoms in total. The van der Waals surface area contributed by atoms with E-state index in [2.05, 4.69) is 6.26 Å². The van der Waals surface area contributed by atoms with Gasteiger partial charge in [0.2, 0.25) is 5.91 Å². The van der Waals surface area contributed by atoms with Crippen LogP contribution in [0.2, 0.25) is 0 Å². The Morgan fingerprint density at radius 1 is 1.27 bits per heavy atom. The Kier molecular flexibility index (Phi) is 7.79. The highest BCUT2D eigenvalue weighted by molar-refractivity contribution is 7.98. The summed E-state index contributed by atoms with van der Waals surface area (Å²) in [5.41, 5.74) is 6.65. The van der Waals surface area contributed by atoms with Gasteiger partial charge in [0, 0.05) is 6.42 Å². The molecule has 0 saturated heterocycles. The summed E-state index contributed by atoms with van der Waals surface area (Å²) in [6, 6.07) is 0. The quantitative estimate of drug-likeness (QED) is 0.555. The van der Waals surface area contributed by atoms with E-state index in [0.29, 0.717) is 6.42 Å². The highest BCUT2D eigenvalue weighted by atomic mass is 32.2. The van der Waals surface area contributed by atoms with Gasteiger partial charge in [-0.15, -0.1) is 0 Å². The third-order valence-corrected chi connectivity index (χ3v) is 2.20. The van der Waals surface area contributed by atoms with Crippen molar-refractivity contribution in [3.8, 4) is 0 Å². The van der Waals surface area contributed by atoms with Crippen molar-refractivity contribution in [2.24, 2.45) is 0 Å². The Morgan fingerprint density at radius 3 is 2.45 bits per heavy atom. The number of carbonyl (C=O) groups is 1. The second kappa shape index (κ2) is 7.92. The summed E-state index contributed by atoms with van der Waals surface area (Å²) in [6.07, 6.45) is 7.00. The van der Waals surface area contributed by atoms with Crippen molar-refractivity contribution in [2.75, 3.05) is 12.0 Å². The average Bonchev–Trinajstić information content (AvgIpc) is 1.96. The molecule has 0 aliphatic rings. The molecule has 11 heavy (non-hydrogen) atoms. The monoisotopic (exact) mass is 174 g/mol. The van der Waals surface area contributed by atoms with Gasteiger partial charge in [0.05, 0.1) is 0 Å². The molecule has 0 aromatic heterocycles. The fourth-order valence-electron chi connectivity index (χ4n) is 0.886. The van der Waals surface area contributed by atoms with Crippen LogP contribution in [0, 0.1) is 0 Å². The molecular weight excluding hydrogens is 158 g/mol. The number of rotatable bonds is 7. The molecule has 0 aromatic rings. The molecule has 0 fully saturated rings. The van der Waals surface area contributed by atoms with Crippen molar-refractivity contribution in [1.82, 2.24) is 5.73 Å². The largest absolute Gasteiger partial charge is 0.273 e. The van der Waals surface area contributed by atoms with E-state index in [0.717, 1.165) is 12.8 Å². The lowest BCUT2D eigenvalue weighted by atomic mass is 10.1. The summed E-state index contributed by atoms with van der Waals surface area (Å²) in [5.74, 6) is 0.796. The van der Waals surface area contributed by atoms with Crippen LogP contribution in [0.1, 0.15) is 32.1 Å². The average molecular weight is 174 g/mol. The van der Waals surface area contributed by atoms with E-state index in [-0.39, 0.29) is 0 Å². The molecule has 0 rings (SSSR count). The second-order valence-electron chi connectivity index (χ2n) is 2.58. The molecule has 0 aliphatic heterocycles. The highest BCUT2D eigenvalue weighted by Gasteiger charge is 1.94. The van der Waals surface area contributed by atoms with Crippen LogP contribution in [-0.4, -0.2) is 17.9 Å². The van der Waals surface area contributed by atoms with Crippen LogP contribution in [0.15, 0.2) is 0 Å². The van der Waals surface area contributed by atoms with E-state index in [1.807, 2.05) is 11.8 Å². The van der Waals surface area contributed by atoms with E-state index in [4.69, 9.17) is 5.73 Å². The third-order valence-electron chi connectivity index (χ3n) is 1.50. The van der Waals surface area contributed by atoms with Crippen molar-refractivity contribution in [3.05, 3.63) is 0 Å². The molecule has 0 atom stereocenters. The van der Waals surface area contributed by atoms with Gasteiger partial charge in [-0.25, -0.2) is 0 Å². The summed E-state index contributed by atoms with van der Waals surface area (Å²) < 4.78 is 0. The minimum Gasteiger partial charge on any atom is -0.273 e. The molecular formula is C8H16NOS. The number of hydrogen-bond donors (Lipinski definition) is 0. The number of thioether (sulfide) groups is 1. The zero-order valence-corrected chi connectivity index (χ0v) is 7.88. The zero-order chi connectivity index (χ0) is 8.53. The lowest BCUT2D eigenvalue weighted by Crippen LogP contribution is -1.96. The van der Waals surface area contributed by atoms with E-state index in [1.165, 1.54) is 18.6 Å². The smallest absolute Gasteiger partial charge is 0.238 e. The molecule has 1 N–H and O–H groups in total. The SMILES string of the molecule is CSCCCCCCC([NH])=O. The first-order valence-electron chi connectivity index (χ1n) is 4.00. The number of carbonyl (C=O) groups excluding carboxylic acids is 1. The van der Waals surface area contributed by atoms with Crippen molar-refractivity contribution < 1.29 is 4.79 Å². The summed E-state index contributed by atoms with van der Waals surface area (Å²) >= 11 is 1.86. The van der Waals surface area contributed by atoms with Crippen LogP contribution in [0.3, 0.4) is 0 Å². The minimum absolute atomic E-state index is 0.421. The first-order chi connectivity index (χ1) is 5.27. The maximum Gasteiger partial charge on any atom is 0.238 e. The molecule has 0 spiro atoms. The van der Waals surface area contributed by atoms with Crippen LogP contribution in [0.5, 0.6) is 0 Å². The number of unbranched alkanes of at least 4 members (excludes halogenated alkanes) is 3. The molecule has 1 amide bonds. The Bertz CT molecular complexity index is 106. The van der Waals surface area contributed by atoms with Gasteiger partial charge < -0.3 is 0 Å². The predicted octanol–water partition coefficient (Wildman–Crippen LogP) is 2.11. The fraction of sp³-hybridized carbons (Fsp3) is 0.875. The van der Waals surface area contributed by atoms with E-state index in [9.17, 15) is 4.79 Å². The summed E-state index contributed by atoms with van der Waals surface area (Å²) in [6.45, 7) is 0. The first-order valence-corrected chi connectivity index (χ1v) is 5.40. The van der Waals surface area contributed by atoms with Gasteiger partial charge in [-0.1, -0.05) is 12.8 Å². The van der Waals surface area contributed by atoms with Crippen LogP contribution in [0.4, 0.5) is 0 Å². The molecule has 0 heterocycles. The summed E-state index contributed by atoms with van der Waals surface area (Å²) in [7, 11) is 0. The molecule has 0 aromatic carbocycles. The van der Waals surface area contributed by atoms with Gasteiger partial charge in [-0.2, -0.15) is 11.8 Å². The number of hydrogen-bond acceptors (Lipinski definition) is 2. The summed E-state index contributed by atoms with van der Waals surface area (Å²) in [4.78, 5) is 10.2. The van der Waals surface area contributed by atoms with Gasteiger partial charge in [0.1, 0.15) is 0 Å². The van der Waals surface area contributed by atoms with Gasteiger partial charge in [0.15, 0.2) is 0 Å². The lowest BCUT2D eigenvalue weighted by Gasteiger charge is -1.97. The summed E-state index contributed by atoms with van der Waals surface area (Å²) in [5, 5.41) is 0. The Hall–Kier alpha value is -0.180. The number of amides is 1. The molecule has 3 heteroatoms. The van der Waals surface area contributed by atoms with Crippen LogP contribution in [-0.2, 0) is 4.79 Å². The highest BCUT2D eigenvalue weighted by Crippen LogP contribution is 2.05. The van der Waals surface area contributed by atoms with Crippen LogP contribution in [0.25, 0.3) is 0 Å². The van der Waals surface area contributed by atoms with Crippen molar-refractivity contribution >= 4 is 17.7 Å². The van der Waals surface area contributed by atoms with Crippen molar-refractivity contribution in [3.63, 3.8) is 0 Å².